The number of amides is 2. The second-order valence-corrected chi connectivity index (χ2v) is 10.5. The molecule has 0 spiro atoms. The van der Waals surface area contributed by atoms with Crippen LogP contribution in [0, 0.1) is 5.92 Å². The lowest BCUT2D eigenvalue weighted by atomic mass is 9.74. The summed E-state index contributed by atoms with van der Waals surface area (Å²) in [5.41, 5.74) is 4.66. The molecule has 5 nitrogen and oxygen atoms in total. The lowest BCUT2D eigenvalue weighted by Crippen LogP contribution is -2.66. The number of fused-ring (bicyclic) bond motifs is 3. The van der Waals surface area contributed by atoms with Gasteiger partial charge in [-0.15, -0.1) is 0 Å². The molecule has 1 aliphatic carbocycles. The van der Waals surface area contributed by atoms with Gasteiger partial charge in [-0.2, -0.15) is 0 Å². The van der Waals surface area contributed by atoms with Crippen molar-refractivity contribution in [2.24, 2.45) is 5.92 Å². The SMILES string of the molecule is COCCCc1ccc(-c2ccc(C3(NC(=O)NC4(C)CN5CCC4CC5)CC3)cc2)cc1. The van der Waals surface area contributed by atoms with Crippen LogP contribution in [0.2, 0.25) is 0 Å². The third-order valence-corrected chi connectivity index (χ3v) is 8.08. The van der Waals surface area contributed by atoms with Crippen LogP contribution in [0.25, 0.3) is 11.1 Å². The van der Waals surface area contributed by atoms with Crippen molar-refractivity contribution >= 4 is 6.03 Å². The van der Waals surface area contributed by atoms with Crippen molar-refractivity contribution in [1.29, 1.82) is 0 Å². The van der Waals surface area contributed by atoms with Crippen molar-refractivity contribution in [3.05, 3.63) is 59.7 Å². The number of urea groups is 1. The van der Waals surface area contributed by atoms with Crippen LogP contribution in [0.5, 0.6) is 0 Å². The molecule has 1 saturated carbocycles. The Kier molecular flexibility index (Phi) is 6.19. The number of methoxy groups -OCH3 is 1. The van der Waals surface area contributed by atoms with Crippen LogP contribution in [-0.4, -0.2) is 49.8 Å². The van der Waals surface area contributed by atoms with Gasteiger partial charge in [0.05, 0.1) is 11.1 Å². The first kappa shape index (κ1) is 22.4. The molecule has 2 aromatic rings. The normalized spacial score (nSPS) is 27.2. The fourth-order valence-corrected chi connectivity index (χ4v) is 5.85. The van der Waals surface area contributed by atoms with Gasteiger partial charge < -0.3 is 20.3 Å². The number of nitrogens with one attached hydrogen (secondary N) is 2. The number of aryl methyl sites for hydroxylation is 1. The maximum absolute atomic E-state index is 13.0. The molecule has 1 atom stereocenters. The van der Waals surface area contributed by atoms with Crippen molar-refractivity contribution in [1.82, 2.24) is 15.5 Å². The summed E-state index contributed by atoms with van der Waals surface area (Å²) >= 11 is 0. The topological polar surface area (TPSA) is 53.6 Å². The zero-order valence-corrected chi connectivity index (χ0v) is 20.0. The van der Waals surface area contributed by atoms with E-state index in [-0.39, 0.29) is 17.1 Å². The molecule has 33 heavy (non-hydrogen) atoms. The number of hydrogen-bond acceptors (Lipinski definition) is 3. The van der Waals surface area contributed by atoms with Gasteiger partial charge in [0.15, 0.2) is 0 Å². The molecule has 2 aromatic carbocycles. The Morgan fingerprint density at radius 1 is 1.00 bits per heavy atom. The smallest absolute Gasteiger partial charge is 0.315 e. The third kappa shape index (κ3) is 4.80. The molecule has 4 fully saturated rings. The van der Waals surface area contributed by atoms with E-state index in [2.05, 4.69) is 71.0 Å². The summed E-state index contributed by atoms with van der Waals surface area (Å²) < 4.78 is 5.15. The highest BCUT2D eigenvalue weighted by molar-refractivity contribution is 5.77. The first-order valence-electron chi connectivity index (χ1n) is 12.5. The molecule has 3 saturated heterocycles. The van der Waals surface area contributed by atoms with Crippen molar-refractivity contribution in [2.75, 3.05) is 33.4 Å². The number of hydrogen-bond donors (Lipinski definition) is 2. The maximum Gasteiger partial charge on any atom is 0.315 e. The van der Waals surface area contributed by atoms with Gasteiger partial charge >= 0.3 is 6.03 Å². The molecular weight excluding hydrogens is 410 g/mol. The van der Waals surface area contributed by atoms with Gasteiger partial charge in [-0.3, -0.25) is 0 Å². The highest BCUT2D eigenvalue weighted by Crippen LogP contribution is 2.46. The first-order valence-corrected chi connectivity index (χ1v) is 12.5. The number of rotatable bonds is 8. The van der Waals surface area contributed by atoms with Gasteiger partial charge in [0.25, 0.3) is 0 Å². The summed E-state index contributed by atoms with van der Waals surface area (Å²) in [5, 5.41) is 6.68. The summed E-state index contributed by atoms with van der Waals surface area (Å²) in [5.74, 6) is 0.592. The Balaban J connectivity index is 1.20. The predicted molar refractivity (Wildman–Crippen MR) is 132 cm³/mol. The van der Waals surface area contributed by atoms with Gasteiger partial charge in [-0.1, -0.05) is 48.5 Å². The van der Waals surface area contributed by atoms with E-state index in [1.165, 1.54) is 48.2 Å². The summed E-state index contributed by atoms with van der Waals surface area (Å²) in [6.45, 7) is 6.35. The summed E-state index contributed by atoms with van der Waals surface area (Å²) in [7, 11) is 1.75. The molecule has 0 aromatic heterocycles. The summed E-state index contributed by atoms with van der Waals surface area (Å²) in [6, 6.07) is 17.5. The quantitative estimate of drug-likeness (QED) is 0.577. The molecule has 176 valence electrons. The minimum atomic E-state index is -0.210. The maximum atomic E-state index is 13.0. The minimum absolute atomic E-state index is 0.0168. The lowest BCUT2D eigenvalue weighted by Gasteiger charge is -2.52. The molecule has 3 aliphatic heterocycles. The molecular formula is C28H37N3O2. The van der Waals surface area contributed by atoms with Crippen molar-refractivity contribution in [3.63, 3.8) is 0 Å². The van der Waals surface area contributed by atoms with Gasteiger partial charge in [0, 0.05) is 20.3 Å². The van der Waals surface area contributed by atoms with E-state index in [1.807, 2.05) is 0 Å². The van der Waals surface area contributed by atoms with Gasteiger partial charge in [-0.25, -0.2) is 4.79 Å². The number of nitrogens with zero attached hydrogens (tertiary/aromatic N) is 1. The monoisotopic (exact) mass is 447 g/mol. The van der Waals surface area contributed by atoms with E-state index in [1.54, 1.807) is 7.11 Å². The average Bonchev–Trinajstić information content (AvgIpc) is 3.60. The first-order chi connectivity index (χ1) is 16.0. The molecule has 5 heteroatoms. The molecule has 2 amide bonds. The van der Waals surface area contributed by atoms with E-state index in [9.17, 15) is 4.79 Å². The fourth-order valence-electron chi connectivity index (χ4n) is 5.85. The van der Waals surface area contributed by atoms with E-state index in [4.69, 9.17) is 4.74 Å². The van der Waals surface area contributed by atoms with E-state index < -0.39 is 0 Å². The largest absolute Gasteiger partial charge is 0.385 e. The second-order valence-electron chi connectivity index (χ2n) is 10.5. The highest BCUT2D eigenvalue weighted by Gasteiger charge is 2.48. The van der Waals surface area contributed by atoms with Crippen molar-refractivity contribution in [2.45, 2.75) is 56.5 Å². The van der Waals surface area contributed by atoms with E-state index in [0.717, 1.165) is 38.8 Å². The van der Waals surface area contributed by atoms with E-state index in [0.29, 0.717) is 5.92 Å². The minimum Gasteiger partial charge on any atom is -0.385 e. The molecule has 4 aliphatic rings. The Morgan fingerprint density at radius 2 is 1.64 bits per heavy atom. The van der Waals surface area contributed by atoms with Gasteiger partial charge in [0.2, 0.25) is 0 Å². The summed E-state index contributed by atoms with van der Waals surface area (Å²) in [4.78, 5) is 15.5. The molecule has 0 radical (unpaired) electrons. The average molecular weight is 448 g/mol. The van der Waals surface area contributed by atoms with Crippen LogP contribution in [0.3, 0.4) is 0 Å². The van der Waals surface area contributed by atoms with Crippen LogP contribution in [-0.2, 0) is 16.7 Å². The standard InChI is InChI=1S/C28H37N3O2/c1-27(20-31-17-13-24(27)14-18-31)29-26(32)30-28(15-16-28)25-11-9-23(10-12-25)22-7-5-21(6-8-22)4-3-19-33-2/h5-12,24H,3-4,13-20H2,1-2H3,(H2,29,30,32). The van der Waals surface area contributed by atoms with Crippen molar-refractivity contribution < 1.29 is 9.53 Å². The predicted octanol–water partition coefficient (Wildman–Crippen LogP) is 4.71. The number of benzene rings is 2. The van der Waals surface area contributed by atoms with Crippen molar-refractivity contribution in [3.8, 4) is 11.1 Å². The van der Waals surface area contributed by atoms with Crippen LogP contribution in [0.1, 0.15) is 50.2 Å². The number of carbonyl (C=O) groups is 1. The lowest BCUT2D eigenvalue weighted by molar-refractivity contribution is 0.0226. The Labute approximate surface area is 197 Å². The molecule has 1 unspecified atom stereocenters. The Hall–Kier alpha value is -2.37. The number of piperidine rings is 3. The zero-order chi connectivity index (χ0) is 22.9. The molecule has 3 heterocycles. The molecule has 2 bridgehead atoms. The molecule has 6 rings (SSSR count). The summed E-state index contributed by atoms with van der Waals surface area (Å²) in [6.07, 6.45) is 6.48. The van der Waals surface area contributed by atoms with Crippen LogP contribution >= 0.6 is 0 Å². The number of ether oxygens (including phenoxy) is 1. The van der Waals surface area contributed by atoms with E-state index >= 15 is 0 Å². The highest BCUT2D eigenvalue weighted by atomic mass is 16.5. The fraction of sp³-hybridized carbons (Fsp3) is 0.536. The zero-order valence-electron chi connectivity index (χ0n) is 20.0. The third-order valence-electron chi connectivity index (χ3n) is 8.08. The Morgan fingerprint density at radius 3 is 2.18 bits per heavy atom. The van der Waals surface area contributed by atoms with Gasteiger partial charge in [0.1, 0.15) is 0 Å². The van der Waals surface area contributed by atoms with Crippen LogP contribution in [0.15, 0.2) is 48.5 Å². The van der Waals surface area contributed by atoms with Crippen LogP contribution in [0.4, 0.5) is 4.79 Å². The van der Waals surface area contributed by atoms with Gasteiger partial charge in [-0.05, 0) is 86.7 Å². The Bertz CT molecular complexity index is 960. The molecule has 2 N–H and O–H groups in total. The van der Waals surface area contributed by atoms with Crippen LogP contribution < -0.4 is 10.6 Å². The number of carbonyl (C=O) groups excluding carboxylic acids is 1. The second kappa shape index (κ2) is 9.11.